The highest BCUT2D eigenvalue weighted by molar-refractivity contribution is 5.87. The van der Waals surface area contributed by atoms with Gasteiger partial charge in [-0.1, -0.05) is 0 Å². The summed E-state index contributed by atoms with van der Waals surface area (Å²) >= 11 is 0. The molecule has 0 bridgehead atoms. The topological polar surface area (TPSA) is 96.5 Å². The van der Waals surface area contributed by atoms with Crippen molar-refractivity contribution >= 4 is 11.9 Å². The molecule has 1 aromatic rings. The van der Waals surface area contributed by atoms with Crippen molar-refractivity contribution in [3.8, 4) is 0 Å². The van der Waals surface area contributed by atoms with Crippen molar-refractivity contribution in [1.29, 1.82) is 0 Å². The largest absolute Gasteiger partial charge is 0.478 e. The molecule has 1 amide bonds. The van der Waals surface area contributed by atoms with Crippen molar-refractivity contribution in [2.24, 2.45) is 5.73 Å². The molecule has 1 rings (SSSR count). The van der Waals surface area contributed by atoms with E-state index < -0.39 is 11.9 Å². The highest BCUT2D eigenvalue weighted by Gasteiger charge is 2.13. The Balaban J connectivity index is 2.74. The molecule has 3 N–H and O–H groups in total. The van der Waals surface area contributed by atoms with Gasteiger partial charge in [0, 0.05) is 18.8 Å². The Kier molecular flexibility index (Phi) is 4.79. The van der Waals surface area contributed by atoms with Crippen molar-refractivity contribution in [2.45, 2.75) is 26.4 Å². The smallest absolute Gasteiger partial charge is 0.337 e. The van der Waals surface area contributed by atoms with E-state index in [1.165, 1.54) is 12.3 Å². The van der Waals surface area contributed by atoms with Crippen LogP contribution in [-0.2, 0) is 11.3 Å². The Hall–Kier alpha value is -1.95. The minimum atomic E-state index is -1.01. The molecule has 0 aliphatic rings. The number of primary amides is 1. The van der Waals surface area contributed by atoms with Crippen LogP contribution < -0.4 is 5.73 Å². The van der Waals surface area contributed by atoms with Crippen molar-refractivity contribution in [3.63, 3.8) is 0 Å². The molecule has 0 unspecified atom stereocenters. The van der Waals surface area contributed by atoms with Gasteiger partial charge in [0.1, 0.15) is 0 Å². The molecule has 0 atom stereocenters. The Bertz CT molecular complexity index is 429. The average molecular weight is 251 g/mol. The van der Waals surface area contributed by atoms with E-state index in [0.29, 0.717) is 12.2 Å². The first kappa shape index (κ1) is 14.1. The Labute approximate surface area is 105 Å². The van der Waals surface area contributed by atoms with Crippen LogP contribution in [0.4, 0.5) is 0 Å². The summed E-state index contributed by atoms with van der Waals surface area (Å²) in [6.45, 7) is 4.52. The molecule has 6 nitrogen and oxygen atoms in total. The first-order chi connectivity index (χ1) is 8.40. The summed E-state index contributed by atoms with van der Waals surface area (Å²) in [7, 11) is 0. The lowest BCUT2D eigenvalue weighted by Crippen LogP contribution is -2.38. The summed E-state index contributed by atoms with van der Waals surface area (Å²) in [5.74, 6) is -1.40. The van der Waals surface area contributed by atoms with Crippen LogP contribution >= 0.6 is 0 Å². The monoisotopic (exact) mass is 251 g/mol. The predicted molar refractivity (Wildman–Crippen MR) is 65.9 cm³/mol. The van der Waals surface area contributed by atoms with Gasteiger partial charge in [-0.05, 0) is 26.0 Å². The Morgan fingerprint density at radius 2 is 2.11 bits per heavy atom. The van der Waals surface area contributed by atoms with E-state index >= 15 is 0 Å². The lowest BCUT2D eigenvalue weighted by atomic mass is 10.2. The molecule has 0 fully saturated rings. The van der Waals surface area contributed by atoms with Gasteiger partial charge in [0.05, 0.1) is 17.8 Å². The number of amides is 1. The molecule has 0 aliphatic heterocycles. The lowest BCUT2D eigenvalue weighted by molar-refractivity contribution is -0.119. The number of aromatic carboxylic acids is 1. The number of carbonyl (C=O) groups excluding carboxylic acids is 1. The molecule has 0 radical (unpaired) electrons. The Morgan fingerprint density at radius 1 is 1.44 bits per heavy atom. The van der Waals surface area contributed by atoms with Crippen molar-refractivity contribution < 1.29 is 14.7 Å². The van der Waals surface area contributed by atoms with Crippen LogP contribution in [0.3, 0.4) is 0 Å². The van der Waals surface area contributed by atoms with Gasteiger partial charge in [-0.15, -0.1) is 0 Å². The molecular weight excluding hydrogens is 234 g/mol. The quantitative estimate of drug-likeness (QED) is 0.766. The first-order valence-corrected chi connectivity index (χ1v) is 5.60. The highest BCUT2D eigenvalue weighted by atomic mass is 16.4. The van der Waals surface area contributed by atoms with Crippen LogP contribution in [0.1, 0.15) is 29.9 Å². The molecule has 18 heavy (non-hydrogen) atoms. The molecule has 0 spiro atoms. The minimum Gasteiger partial charge on any atom is -0.478 e. The van der Waals surface area contributed by atoms with Crippen molar-refractivity contribution in [2.75, 3.05) is 6.54 Å². The molecule has 98 valence electrons. The molecule has 0 saturated heterocycles. The number of hydrogen-bond acceptors (Lipinski definition) is 4. The third-order valence-electron chi connectivity index (χ3n) is 2.53. The Morgan fingerprint density at radius 3 is 2.50 bits per heavy atom. The molecule has 1 aromatic heterocycles. The van der Waals surface area contributed by atoms with E-state index in [1.807, 2.05) is 18.7 Å². The van der Waals surface area contributed by atoms with Gasteiger partial charge >= 0.3 is 5.97 Å². The second kappa shape index (κ2) is 6.11. The maximum atomic E-state index is 10.9. The zero-order valence-corrected chi connectivity index (χ0v) is 10.5. The third-order valence-corrected chi connectivity index (χ3v) is 2.53. The minimum absolute atomic E-state index is 0.143. The number of carbonyl (C=O) groups is 2. The van der Waals surface area contributed by atoms with E-state index in [0.717, 1.165) is 0 Å². The van der Waals surface area contributed by atoms with Gasteiger partial charge in [-0.2, -0.15) is 0 Å². The summed E-state index contributed by atoms with van der Waals surface area (Å²) in [6, 6.07) is 3.28. The standard InChI is InChI=1S/C12H17N3O3/c1-8(2)15(7-11(13)16)6-10-4-3-9(5-14-10)12(17)18/h3-5,8H,6-7H2,1-2H3,(H2,13,16)(H,17,18). The fraction of sp³-hybridized carbons (Fsp3) is 0.417. The van der Waals surface area contributed by atoms with Crippen LogP contribution in [0.15, 0.2) is 18.3 Å². The fourth-order valence-electron chi connectivity index (χ4n) is 1.47. The number of nitrogens with zero attached hydrogens (tertiary/aromatic N) is 2. The van der Waals surface area contributed by atoms with E-state index in [9.17, 15) is 9.59 Å². The molecule has 0 aliphatic carbocycles. The third kappa shape index (κ3) is 4.14. The van der Waals surface area contributed by atoms with Crippen LogP contribution in [0.2, 0.25) is 0 Å². The maximum absolute atomic E-state index is 10.9. The second-order valence-electron chi connectivity index (χ2n) is 4.31. The average Bonchev–Trinajstić information content (AvgIpc) is 2.28. The lowest BCUT2D eigenvalue weighted by Gasteiger charge is -2.24. The van der Waals surface area contributed by atoms with Crippen LogP contribution in [0, 0.1) is 0 Å². The number of hydrogen-bond donors (Lipinski definition) is 2. The zero-order chi connectivity index (χ0) is 13.7. The van der Waals surface area contributed by atoms with Crippen LogP contribution in [0.25, 0.3) is 0 Å². The number of rotatable bonds is 6. The van der Waals surface area contributed by atoms with Gasteiger partial charge in [-0.3, -0.25) is 14.7 Å². The predicted octanol–water partition coefficient (Wildman–Crippen LogP) is 0.476. The molecule has 1 heterocycles. The zero-order valence-electron chi connectivity index (χ0n) is 10.5. The SMILES string of the molecule is CC(C)N(CC(N)=O)Cc1ccc(C(=O)O)cn1. The summed E-state index contributed by atoms with van der Waals surface area (Å²) in [5, 5.41) is 8.75. The fourth-order valence-corrected chi connectivity index (χ4v) is 1.47. The van der Waals surface area contributed by atoms with Gasteiger partial charge in [0.15, 0.2) is 0 Å². The second-order valence-corrected chi connectivity index (χ2v) is 4.31. The number of aromatic nitrogens is 1. The summed E-state index contributed by atoms with van der Waals surface area (Å²) in [4.78, 5) is 27.5. The first-order valence-electron chi connectivity index (χ1n) is 5.60. The number of pyridine rings is 1. The van der Waals surface area contributed by atoms with E-state index in [2.05, 4.69) is 4.98 Å². The number of carboxylic acid groups (broad SMARTS) is 1. The van der Waals surface area contributed by atoms with Gasteiger partial charge in [0.2, 0.25) is 5.91 Å². The number of carboxylic acids is 1. The summed E-state index contributed by atoms with van der Waals surface area (Å²) in [6.07, 6.45) is 1.31. The van der Waals surface area contributed by atoms with Crippen molar-refractivity contribution in [3.05, 3.63) is 29.6 Å². The number of nitrogens with two attached hydrogens (primary N) is 1. The molecule has 0 saturated carbocycles. The summed E-state index contributed by atoms with van der Waals surface area (Å²) < 4.78 is 0. The van der Waals surface area contributed by atoms with E-state index in [4.69, 9.17) is 10.8 Å². The maximum Gasteiger partial charge on any atom is 0.337 e. The van der Waals surface area contributed by atoms with Gasteiger partial charge in [-0.25, -0.2) is 4.79 Å². The van der Waals surface area contributed by atoms with Gasteiger partial charge in [0.25, 0.3) is 0 Å². The van der Waals surface area contributed by atoms with E-state index in [-0.39, 0.29) is 18.2 Å². The molecular formula is C12H17N3O3. The van der Waals surface area contributed by atoms with Crippen LogP contribution in [0.5, 0.6) is 0 Å². The molecule has 0 aromatic carbocycles. The van der Waals surface area contributed by atoms with Crippen molar-refractivity contribution in [1.82, 2.24) is 9.88 Å². The van der Waals surface area contributed by atoms with Gasteiger partial charge < -0.3 is 10.8 Å². The highest BCUT2D eigenvalue weighted by Crippen LogP contribution is 2.07. The van der Waals surface area contributed by atoms with E-state index in [1.54, 1.807) is 6.07 Å². The molecule has 6 heteroatoms. The summed E-state index contributed by atoms with van der Waals surface area (Å²) in [5.41, 5.74) is 6.02. The van der Waals surface area contributed by atoms with Crippen LogP contribution in [-0.4, -0.2) is 39.5 Å². The normalized spacial score (nSPS) is 10.9.